The summed E-state index contributed by atoms with van der Waals surface area (Å²) >= 11 is 0. The van der Waals surface area contributed by atoms with Gasteiger partial charge in [0.15, 0.2) is 5.82 Å². The summed E-state index contributed by atoms with van der Waals surface area (Å²) in [6, 6.07) is 7.62. The number of fused-ring (bicyclic) bond motifs is 1. The fraction of sp³-hybridized carbons (Fsp3) is 0.500. The third kappa shape index (κ3) is 2.68. The highest BCUT2D eigenvalue weighted by atomic mass is 16.2. The third-order valence-electron chi connectivity index (χ3n) is 5.58. The number of imidazole rings is 1. The lowest BCUT2D eigenvalue weighted by Gasteiger charge is -2.44. The normalized spacial score (nSPS) is 21.3. The molecule has 1 spiro atoms. The van der Waals surface area contributed by atoms with Gasteiger partial charge in [0, 0.05) is 26.2 Å². The van der Waals surface area contributed by atoms with Gasteiger partial charge in [-0.15, -0.1) is 0 Å². The number of para-hydroxylation sites is 2. The molecule has 1 aromatic carbocycles. The maximum atomic E-state index is 12.8. The Hall–Kier alpha value is -2.41. The second kappa shape index (κ2) is 6.15. The van der Waals surface area contributed by atoms with Crippen LogP contribution in [-0.2, 0) is 4.79 Å². The van der Waals surface area contributed by atoms with Crippen LogP contribution in [0, 0.1) is 0 Å². The van der Waals surface area contributed by atoms with Gasteiger partial charge >= 0.3 is 0 Å². The van der Waals surface area contributed by atoms with Gasteiger partial charge in [-0.3, -0.25) is 14.5 Å². The van der Waals surface area contributed by atoms with Crippen molar-refractivity contribution in [1.82, 2.24) is 25.1 Å². The van der Waals surface area contributed by atoms with Crippen molar-refractivity contribution >= 4 is 22.8 Å². The van der Waals surface area contributed by atoms with Crippen LogP contribution in [0.4, 0.5) is 0 Å². The zero-order chi connectivity index (χ0) is 17.4. The Kier molecular flexibility index (Phi) is 3.95. The average Bonchev–Trinajstić information content (AvgIpc) is 3.03. The molecule has 0 saturated carbocycles. The van der Waals surface area contributed by atoms with Crippen molar-refractivity contribution in [2.24, 2.45) is 0 Å². The standard InChI is InChI=1S/C18H23N5O2/c1-22-10-4-9-19-17(25)18(22)7-11-23(12-8-18)16(24)15-20-13-5-2-3-6-14(13)21-15/h2-3,5-6H,4,7-12H2,1H3,(H,19,25)(H,20,21). The first-order chi connectivity index (χ1) is 12.1. The highest BCUT2D eigenvalue weighted by Gasteiger charge is 2.46. The number of likely N-dealkylation sites (tertiary alicyclic amines) is 1. The van der Waals surface area contributed by atoms with E-state index in [1.54, 1.807) is 4.90 Å². The molecule has 0 atom stereocenters. The summed E-state index contributed by atoms with van der Waals surface area (Å²) in [4.78, 5) is 36.8. The third-order valence-corrected chi connectivity index (χ3v) is 5.58. The minimum absolute atomic E-state index is 0.0947. The number of amides is 2. The van der Waals surface area contributed by atoms with Gasteiger partial charge in [-0.1, -0.05) is 12.1 Å². The van der Waals surface area contributed by atoms with Crippen molar-refractivity contribution in [3.05, 3.63) is 30.1 Å². The molecule has 2 saturated heterocycles. The Morgan fingerprint density at radius 2 is 1.96 bits per heavy atom. The Morgan fingerprint density at radius 3 is 2.72 bits per heavy atom. The van der Waals surface area contributed by atoms with E-state index in [9.17, 15) is 9.59 Å². The van der Waals surface area contributed by atoms with Gasteiger partial charge in [-0.25, -0.2) is 4.98 Å². The fourth-order valence-electron chi connectivity index (χ4n) is 3.96. The molecule has 7 heteroatoms. The van der Waals surface area contributed by atoms with E-state index in [4.69, 9.17) is 0 Å². The van der Waals surface area contributed by atoms with E-state index in [-0.39, 0.29) is 11.8 Å². The minimum atomic E-state index is -0.485. The molecule has 7 nitrogen and oxygen atoms in total. The summed E-state index contributed by atoms with van der Waals surface area (Å²) in [6.45, 7) is 2.75. The zero-order valence-electron chi connectivity index (χ0n) is 14.4. The number of hydrogen-bond donors (Lipinski definition) is 2. The number of piperidine rings is 1. The molecule has 2 fully saturated rings. The second-order valence-electron chi connectivity index (χ2n) is 6.96. The molecule has 2 amide bonds. The molecule has 0 bridgehead atoms. The molecule has 0 unspecified atom stereocenters. The number of rotatable bonds is 1. The number of benzene rings is 1. The average molecular weight is 341 g/mol. The summed E-state index contributed by atoms with van der Waals surface area (Å²) in [5.74, 6) is 0.377. The summed E-state index contributed by atoms with van der Waals surface area (Å²) in [5, 5.41) is 3.03. The SMILES string of the molecule is CN1CCCNC(=O)C12CCN(C(=O)c1nc3ccccc3[nH]1)CC2. The number of nitrogens with zero attached hydrogens (tertiary/aromatic N) is 3. The predicted octanol–water partition coefficient (Wildman–Crippen LogP) is 0.989. The van der Waals surface area contributed by atoms with Crippen LogP contribution in [-0.4, -0.2) is 70.3 Å². The lowest BCUT2D eigenvalue weighted by atomic mass is 9.85. The lowest BCUT2D eigenvalue weighted by Crippen LogP contribution is -2.61. The quantitative estimate of drug-likeness (QED) is 0.810. The summed E-state index contributed by atoms with van der Waals surface area (Å²) in [5.41, 5.74) is 1.17. The van der Waals surface area contributed by atoms with Crippen LogP contribution in [0.3, 0.4) is 0 Å². The monoisotopic (exact) mass is 341 g/mol. The molecule has 132 valence electrons. The van der Waals surface area contributed by atoms with Gasteiger partial charge in [0.1, 0.15) is 5.54 Å². The van der Waals surface area contributed by atoms with Gasteiger partial charge in [-0.2, -0.15) is 0 Å². The van der Waals surface area contributed by atoms with Crippen LogP contribution in [0.1, 0.15) is 29.9 Å². The van der Waals surface area contributed by atoms with Gasteiger partial charge in [0.05, 0.1) is 11.0 Å². The number of aromatic nitrogens is 2. The minimum Gasteiger partial charge on any atom is -0.354 e. The molecule has 25 heavy (non-hydrogen) atoms. The number of nitrogens with one attached hydrogen (secondary N) is 2. The Balaban J connectivity index is 1.51. The zero-order valence-corrected chi connectivity index (χ0v) is 14.4. The largest absolute Gasteiger partial charge is 0.354 e. The second-order valence-corrected chi connectivity index (χ2v) is 6.96. The van der Waals surface area contributed by atoms with E-state index in [1.165, 1.54) is 0 Å². The van der Waals surface area contributed by atoms with Gasteiger partial charge in [0.2, 0.25) is 5.91 Å². The molecule has 0 aliphatic carbocycles. The van der Waals surface area contributed by atoms with Crippen molar-refractivity contribution in [2.75, 3.05) is 33.2 Å². The number of H-pyrrole nitrogens is 1. The fourth-order valence-corrected chi connectivity index (χ4v) is 3.96. The maximum absolute atomic E-state index is 12.8. The molecule has 4 rings (SSSR count). The highest BCUT2D eigenvalue weighted by molar-refractivity contribution is 5.94. The van der Waals surface area contributed by atoms with Crippen molar-refractivity contribution in [3.8, 4) is 0 Å². The highest BCUT2D eigenvalue weighted by Crippen LogP contribution is 2.30. The van der Waals surface area contributed by atoms with Gasteiger partial charge < -0.3 is 15.2 Å². The van der Waals surface area contributed by atoms with E-state index in [1.807, 2.05) is 31.3 Å². The first-order valence-corrected chi connectivity index (χ1v) is 8.84. The van der Waals surface area contributed by atoms with E-state index in [0.717, 1.165) is 30.5 Å². The maximum Gasteiger partial charge on any atom is 0.289 e. The van der Waals surface area contributed by atoms with Crippen molar-refractivity contribution in [1.29, 1.82) is 0 Å². The van der Waals surface area contributed by atoms with E-state index in [0.29, 0.717) is 31.8 Å². The molecular weight excluding hydrogens is 318 g/mol. The van der Waals surface area contributed by atoms with Crippen molar-refractivity contribution in [3.63, 3.8) is 0 Å². The smallest absolute Gasteiger partial charge is 0.289 e. The van der Waals surface area contributed by atoms with Gasteiger partial charge in [-0.05, 0) is 38.4 Å². The number of carbonyl (C=O) groups is 2. The van der Waals surface area contributed by atoms with Crippen LogP contribution in [0.25, 0.3) is 11.0 Å². The van der Waals surface area contributed by atoms with E-state index < -0.39 is 5.54 Å². The van der Waals surface area contributed by atoms with Crippen molar-refractivity contribution < 1.29 is 9.59 Å². The van der Waals surface area contributed by atoms with Crippen LogP contribution < -0.4 is 5.32 Å². The van der Waals surface area contributed by atoms with Crippen molar-refractivity contribution in [2.45, 2.75) is 24.8 Å². The molecule has 0 radical (unpaired) electrons. The number of carbonyl (C=O) groups excluding carboxylic acids is 2. The number of hydrogen-bond acceptors (Lipinski definition) is 4. The number of aromatic amines is 1. The van der Waals surface area contributed by atoms with E-state index >= 15 is 0 Å². The topological polar surface area (TPSA) is 81.3 Å². The van der Waals surface area contributed by atoms with E-state index in [2.05, 4.69) is 20.2 Å². The van der Waals surface area contributed by atoms with Gasteiger partial charge in [0.25, 0.3) is 5.91 Å². The molecule has 2 aromatic rings. The summed E-state index contributed by atoms with van der Waals surface area (Å²) in [7, 11) is 2.02. The molecule has 2 aliphatic heterocycles. The Morgan fingerprint density at radius 1 is 1.20 bits per heavy atom. The summed E-state index contributed by atoms with van der Waals surface area (Å²) < 4.78 is 0. The van der Waals surface area contributed by atoms with Crippen LogP contribution in [0.2, 0.25) is 0 Å². The predicted molar refractivity (Wildman–Crippen MR) is 94.2 cm³/mol. The van der Waals surface area contributed by atoms with Crippen LogP contribution in [0.5, 0.6) is 0 Å². The Bertz CT molecular complexity index is 774. The molecule has 3 heterocycles. The molecule has 2 aliphatic rings. The Labute approximate surface area is 146 Å². The lowest BCUT2D eigenvalue weighted by molar-refractivity contribution is -0.134. The first kappa shape index (κ1) is 16.1. The molecular formula is C18H23N5O2. The molecule has 1 aromatic heterocycles. The molecule has 2 N–H and O–H groups in total. The summed E-state index contributed by atoms with van der Waals surface area (Å²) in [6.07, 6.45) is 2.27. The van der Waals surface area contributed by atoms with Crippen LogP contribution in [0.15, 0.2) is 24.3 Å². The first-order valence-electron chi connectivity index (χ1n) is 8.84. The number of likely N-dealkylation sites (N-methyl/N-ethyl adjacent to an activating group) is 1. The van der Waals surface area contributed by atoms with Crippen LogP contribution >= 0.6 is 0 Å².